The summed E-state index contributed by atoms with van der Waals surface area (Å²) in [5.41, 5.74) is 6.24. The third kappa shape index (κ3) is 3.07. The molecule has 0 spiro atoms. The van der Waals surface area contributed by atoms with Crippen LogP contribution in [0.1, 0.15) is 17.3 Å². The average molecular weight is 345 g/mol. The molecule has 8 heteroatoms. The molecule has 1 heterocycles. The average Bonchev–Trinajstić information content (AvgIpc) is 2.76. The first kappa shape index (κ1) is 13.9. The van der Waals surface area contributed by atoms with Crippen molar-refractivity contribution in [3.63, 3.8) is 0 Å². The molecule has 2 aromatic rings. The number of nitrogens with one attached hydrogen (secondary N) is 1. The van der Waals surface area contributed by atoms with E-state index in [-0.39, 0.29) is 16.0 Å². The molecule has 0 unspecified atom stereocenters. The van der Waals surface area contributed by atoms with Crippen LogP contribution < -0.4 is 11.1 Å². The number of nitrogens with zero attached hydrogens (tertiary/aromatic N) is 2. The molecule has 2 rings (SSSR count). The van der Waals surface area contributed by atoms with Crippen LogP contribution in [0.15, 0.2) is 21.1 Å². The van der Waals surface area contributed by atoms with Crippen molar-refractivity contribution in [3.8, 4) is 0 Å². The van der Waals surface area contributed by atoms with Gasteiger partial charge in [0.15, 0.2) is 11.6 Å². The summed E-state index contributed by atoms with van der Waals surface area (Å²) in [7, 11) is 0. The molecule has 1 aromatic heterocycles. The van der Waals surface area contributed by atoms with Crippen LogP contribution in [0.2, 0.25) is 0 Å². The summed E-state index contributed by atoms with van der Waals surface area (Å²) < 4.78 is 19.1. The number of aryl methyl sites for hydroxylation is 1. The second kappa shape index (κ2) is 5.62. The molecule has 100 valence electrons. The van der Waals surface area contributed by atoms with E-state index in [4.69, 9.17) is 22.5 Å². The van der Waals surface area contributed by atoms with Crippen LogP contribution in [0.4, 0.5) is 10.1 Å². The van der Waals surface area contributed by atoms with Crippen LogP contribution >= 0.6 is 28.1 Å². The number of aromatic nitrogens is 2. The Kier molecular flexibility index (Phi) is 4.11. The molecule has 0 saturated carbocycles. The monoisotopic (exact) mass is 344 g/mol. The minimum Gasteiger partial charge on any atom is -0.389 e. The van der Waals surface area contributed by atoms with Crippen molar-refractivity contribution < 1.29 is 8.91 Å². The Morgan fingerprint density at radius 1 is 1.58 bits per heavy atom. The van der Waals surface area contributed by atoms with Gasteiger partial charge in [0.25, 0.3) is 0 Å². The van der Waals surface area contributed by atoms with Crippen molar-refractivity contribution >= 4 is 38.8 Å². The van der Waals surface area contributed by atoms with Crippen molar-refractivity contribution in [2.24, 2.45) is 5.73 Å². The predicted octanol–water partition coefficient (Wildman–Crippen LogP) is 2.53. The molecule has 0 bridgehead atoms. The molecule has 0 fully saturated rings. The van der Waals surface area contributed by atoms with Gasteiger partial charge in [0.1, 0.15) is 4.99 Å². The van der Waals surface area contributed by atoms with E-state index < -0.39 is 5.82 Å². The molecule has 0 amide bonds. The fraction of sp³-hybridized carbons (Fsp3) is 0.182. The Hall–Kier alpha value is -1.54. The maximum absolute atomic E-state index is 14.0. The molecule has 0 aliphatic heterocycles. The molecule has 0 aliphatic rings. The molecule has 0 saturated heterocycles. The van der Waals surface area contributed by atoms with E-state index >= 15 is 0 Å². The lowest BCUT2D eigenvalue weighted by atomic mass is 10.2. The van der Waals surface area contributed by atoms with Gasteiger partial charge in [-0.3, -0.25) is 0 Å². The molecule has 1 aromatic carbocycles. The number of benzene rings is 1. The lowest BCUT2D eigenvalue weighted by molar-refractivity contribution is 0.388. The predicted molar refractivity (Wildman–Crippen MR) is 76.3 cm³/mol. The number of hydrogen-bond donors (Lipinski definition) is 2. The van der Waals surface area contributed by atoms with Gasteiger partial charge in [0.2, 0.25) is 5.89 Å². The standard InChI is InChI=1S/C11H10BrFN4OS/c1-5-16-8(17-18-5)4-15-7-3-2-6(11(14)19)9(12)10(7)13/h2-3,15H,4H2,1H3,(H2,14,19). The summed E-state index contributed by atoms with van der Waals surface area (Å²) in [4.78, 5) is 4.14. The van der Waals surface area contributed by atoms with Crippen LogP contribution in [0.5, 0.6) is 0 Å². The molecule has 3 N–H and O–H groups in total. The van der Waals surface area contributed by atoms with E-state index in [1.165, 1.54) is 0 Å². The van der Waals surface area contributed by atoms with Gasteiger partial charge in [0, 0.05) is 12.5 Å². The van der Waals surface area contributed by atoms with Gasteiger partial charge in [-0.2, -0.15) is 4.98 Å². The summed E-state index contributed by atoms with van der Waals surface area (Å²) in [5, 5.41) is 6.58. The Labute approximate surface area is 122 Å². The van der Waals surface area contributed by atoms with E-state index in [2.05, 4.69) is 31.4 Å². The van der Waals surface area contributed by atoms with Gasteiger partial charge in [-0.1, -0.05) is 17.4 Å². The summed E-state index contributed by atoms with van der Waals surface area (Å²) in [6, 6.07) is 3.20. The van der Waals surface area contributed by atoms with Gasteiger partial charge in [-0.15, -0.1) is 0 Å². The topological polar surface area (TPSA) is 77.0 Å². The van der Waals surface area contributed by atoms with Crippen LogP contribution in [0.25, 0.3) is 0 Å². The summed E-state index contributed by atoms with van der Waals surface area (Å²) in [5.74, 6) is 0.444. The molecule has 0 radical (unpaired) electrons. The largest absolute Gasteiger partial charge is 0.389 e. The maximum atomic E-state index is 14.0. The molecule has 0 atom stereocenters. The Bertz CT molecular complexity index is 631. The summed E-state index contributed by atoms with van der Waals surface area (Å²) in [6.45, 7) is 1.94. The van der Waals surface area contributed by atoms with Crippen molar-refractivity contribution in [2.45, 2.75) is 13.5 Å². The first-order chi connectivity index (χ1) is 8.99. The van der Waals surface area contributed by atoms with Crippen molar-refractivity contribution in [3.05, 3.63) is 39.7 Å². The van der Waals surface area contributed by atoms with Crippen LogP contribution in [0, 0.1) is 12.7 Å². The van der Waals surface area contributed by atoms with Gasteiger partial charge < -0.3 is 15.6 Å². The zero-order chi connectivity index (χ0) is 14.0. The highest BCUT2D eigenvalue weighted by Gasteiger charge is 2.13. The molecule has 5 nitrogen and oxygen atoms in total. The van der Waals surface area contributed by atoms with Crippen molar-refractivity contribution in [1.82, 2.24) is 10.1 Å². The Morgan fingerprint density at radius 3 is 2.89 bits per heavy atom. The number of hydrogen-bond acceptors (Lipinski definition) is 5. The lowest BCUT2D eigenvalue weighted by Gasteiger charge is -2.09. The van der Waals surface area contributed by atoms with E-state index in [0.717, 1.165) is 0 Å². The molecular weight excluding hydrogens is 335 g/mol. The van der Waals surface area contributed by atoms with E-state index in [1.54, 1.807) is 19.1 Å². The zero-order valence-corrected chi connectivity index (χ0v) is 12.3. The molecular formula is C11H10BrFN4OS. The third-order valence-corrected chi connectivity index (χ3v) is 3.35. The fourth-order valence-corrected chi connectivity index (χ4v) is 2.32. The molecule has 0 aliphatic carbocycles. The fourth-order valence-electron chi connectivity index (χ4n) is 1.46. The minimum atomic E-state index is -0.467. The van der Waals surface area contributed by atoms with Gasteiger partial charge in [0.05, 0.1) is 16.7 Å². The first-order valence-electron chi connectivity index (χ1n) is 5.30. The van der Waals surface area contributed by atoms with Gasteiger partial charge in [-0.05, 0) is 28.1 Å². The first-order valence-corrected chi connectivity index (χ1v) is 6.50. The normalized spacial score (nSPS) is 10.5. The second-order valence-corrected chi connectivity index (χ2v) is 4.97. The SMILES string of the molecule is Cc1nc(CNc2ccc(C(N)=S)c(Br)c2F)no1. The number of rotatable bonds is 4. The minimum absolute atomic E-state index is 0.131. The Balaban J connectivity index is 2.17. The van der Waals surface area contributed by atoms with E-state index in [0.29, 0.717) is 23.0 Å². The second-order valence-electron chi connectivity index (χ2n) is 3.74. The number of halogens is 2. The third-order valence-electron chi connectivity index (χ3n) is 2.35. The van der Waals surface area contributed by atoms with Crippen LogP contribution in [-0.2, 0) is 6.54 Å². The summed E-state index contributed by atoms with van der Waals surface area (Å²) in [6.07, 6.45) is 0. The van der Waals surface area contributed by atoms with Gasteiger partial charge >= 0.3 is 0 Å². The zero-order valence-electron chi connectivity index (χ0n) is 9.91. The number of nitrogens with two attached hydrogens (primary N) is 1. The number of thiocarbonyl (C=S) groups is 1. The molecule has 19 heavy (non-hydrogen) atoms. The Morgan fingerprint density at radius 2 is 2.32 bits per heavy atom. The van der Waals surface area contributed by atoms with E-state index in [9.17, 15) is 4.39 Å². The highest BCUT2D eigenvalue weighted by Crippen LogP contribution is 2.27. The summed E-state index contributed by atoms with van der Waals surface area (Å²) >= 11 is 7.95. The van der Waals surface area contributed by atoms with E-state index in [1.807, 2.05) is 0 Å². The smallest absolute Gasteiger partial charge is 0.223 e. The highest BCUT2D eigenvalue weighted by atomic mass is 79.9. The quantitative estimate of drug-likeness (QED) is 0.830. The van der Waals surface area contributed by atoms with Crippen molar-refractivity contribution in [2.75, 3.05) is 5.32 Å². The number of anilines is 1. The highest BCUT2D eigenvalue weighted by molar-refractivity contribution is 9.10. The van der Waals surface area contributed by atoms with Crippen molar-refractivity contribution in [1.29, 1.82) is 0 Å². The lowest BCUT2D eigenvalue weighted by Crippen LogP contribution is -2.12. The maximum Gasteiger partial charge on any atom is 0.223 e. The van der Waals surface area contributed by atoms with Gasteiger partial charge in [-0.25, -0.2) is 4.39 Å². The van der Waals surface area contributed by atoms with Crippen LogP contribution in [0.3, 0.4) is 0 Å². The van der Waals surface area contributed by atoms with Crippen LogP contribution in [-0.4, -0.2) is 15.1 Å².